The SMILES string of the molecule is CN1CCc2nc(NC(=O)CCNC(=O)Cc3ccccc3)sc2C1. The molecule has 0 bridgehead atoms. The van der Waals surface area contributed by atoms with Gasteiger partial charge in [0.15, 0.2) is 5.13 Å². The summed E-state index contributed by atoms with van der Waals surface area (Å²) in [6.07, 6.45) is 1.49. The predicted octanol–water partition coefficient (Wildman–Crippen LogP) is 1.82. The van der Waals surface area contributed by atoms with Gasteiger partial charge >= 0.3 is 0 Å². The number of nitrogens with one attached hydrogen (secondary N) is 2. The Bertz CT molecular complexity index is 745. The fourth-order valence-corrected chi connectivity index (χ4v) is 3.82. The first-order chi connectivity index (χ1) is 12.1. The second-order valence-electron chi connectivity index (χ2n) is 6.19. The van der Waals surface area contributed by atoms with Crippen LogP contribution in [0.3, 0.4) is 0 Å². The van der Waals surface area contributed by atoms with Crippen molar-refractivity contribution < 1.29 is 9.59 Å². The summed E-state index contributed by atoms with van der Waals surface area (Å²) in [5.74, 6) is -0.203. The summed E-state index contributed by atoms with van der Waals surface area (Å²) >= 11 is 1.54. The summed E-state index contributed by atoms with van der Waals surface area (Å²) in [6.45, 7) is 2.21. The highest BCUT2D eigenvalue weighted by molar-refractivity contribution is 7.15. The molecule has 25 heavy (non-hydrogen) atoms. The molecule has 0 fully saturated rings. The number of likely N-dealkylation sites (N-methyl/N-ethyl adjacent to an activating group) is 1. The van der Waals surface area contributed by atoms with Gasteiger partial charge in [0.25, 0.3) is 0 Å². The van der Waals surface area contributed by atoms with Crippen LogP contribution in [0, 0.1) is 0 Å². The molecule has 3 rings (SSSR count). The van der Waals surface area contributed by atoms with E-state index < -0.39 is 0 Å². The lowest BCUT2D eigenvalue weighted by Crippen LogP contribution is -2.28. The van der Waals surface area contributed by atoms with Crippen molar-refractivity contribution >= 4 is 28.3 Å². The molecule has 6 nitrogen and oxygen atoms in total. The summed E-state index contributed by atoms with van der Waals surface area (Å²) < 4.78 is 0. The molecule has 2 aromatic rings. The highest BCUT2D eigenvalue weighted by atomic mass is 32.1. The zero-order chi connectivity index (χ0) is 17.6. The van der Waals surface area contributed by atoms with Crippen molar-refractivity contribution in [2.45, 2.75) is 25.8 Å². The average Bonchev–Trinajstić information content (AvgIpc) is 2.96. The van der Waals surface area contributed by atoms with E-state index in [9.17, 15) is 9.59 Å². The van der Waals surface area contributed by atoms with Gasteiger partial charge in [-0.1, -0.05) is 30.3 Å². The number of aromatic nitrogens is 1. The molecule has 1 aliphatic heterocycles. The van der Waals surface area contributed by atoms with Crippen molar-refractivity contribution in [2.24, 2.45) is 0 Å². The molecule has 132 valence electrons. The largest absolute Gasteiger partial charge is 0.355 e. The third-order valence-electron chi connectivity index (χ3n) is 4.05. The number of fused-ring (bicyclic) bond motifs is 1. The average molecular weight is 358 g/mol. The van der Waals surface area contributed by atoms with Gasteiger partial charge < -0.3 is 15.5 Å². The number of benzene rings is 1. The quantitative estimate of drug-likeness (QED) is 0.826. The Kier molecular flexibility index (Phi) is 5.78. The normalized spacial score (nSPS) is 14.0. The highest BCUT2D eigenvalue weighted by Gasteiger charge is 2.19. The molecule has 0 atom stereocenters. The molecule has 0 aliphatic carbocycles. The highest BCUT2D eigenvalue weighted by Crippen LogP contribution is 2.27. The molecule has 0 saturated carbocycles. The van der Waals surface area contributed by atoms with E-state index in [-0.39, 0.29) is 18.2 Å². The Balaban J connectivity index is 1.40. The van der Waals surface area contributed by atoms with Crippen molar-refractivity contribution in [3.05, 3.63) is 46.5 Å². The summed E-state index contributed by atoms with van der Waals surface area (Å²) in [6, 6.07) is 9.55. The standard InChI is InChI=1S/C18H22N4O2S/c1-22-10-8-14-15(12-22)25-18(20-14)21-16(23)7-9-19-17(24)11-13-5-3-2-4-6-13/h2-6H,7-12H2,1H3,(H,19,24)(H,20,21,23). The van der Waals surface area contributed by atoms with Crippen molar-refractivity contribution in [3.8, 4) is 0 Å². The summed E-state index contributed by atoms with van der Waals surface area (Å²) in [5, 5.41) is 6.27. The number of anilines is 1. The van der Waals surface area contributed by atoms with Crippen LogP contribution in [-0.4, -0.2) is 41.8 Å². The van der Waals surface area contributed by atoms with E-state index in [1.807, 2.05) is 30.3 Å². The van der Waals surface area contributed by atoms with Crippen LogP contribution >= 0.6 is 11.3 Å². The molecule has 0 unspecified atom stereocenters. The Hall–Kier alpha value is -2.25. The molecule has 1 aliphatic rings. The number of carbonyl (C=O) groups excluding carboxylic acids is 2. The van der Waals surface area contributed by atoms with Crippen molar-refractivity contribution in [1.82, 2.24) is 15.2 Å². The Labute approximate surface area is 151 Å². The van der Waals surface area contributed by atoms with Crippen LogP contribution in [0.2, 0.25) is 0 Å². The Morgan fingerprint density at radius 3 is 2.84 bits per heavy atom. The topological polar surface area (TPSA) is 74.3 Å². The van der Waals surface area contributed by atoms with E-state index in [0.29, 0.717) is 18.1 Å². The van der Waals surface area contributed by atoms with Crippen LogP contribution < -0.4 is 10.6 Å². The first-order valence-electron chi connectivity index (χ1n) is 8.38. The van der Waals surface area contributed by atoms with Crippen molar-refractivity contribution in [1.29, 1.82) is 0 Å². The fraction of sp³-hybridized carbons (Fsp3) is 0.389. The molecule has 0 spiro atoms. The predicted molar refractivity (Wildman–Crippen MR) is 98.6 cm³/mol. The zero-order valence-electron chi connectivity index (χ0n) is 14.2. The van der Waals surface area contributed by atoms with Gasteiger partial charge in [-0.2, -0.15) is 0 Å². The lowest BCUT2D eigenvalue weighted by atomic mass is 10.1. The lowest BCUT2D eigenvalue weighted by molar-refractivity contribution is -0.120. The smallest absolute Gasteiger partial charge is 0.227 e. The van der Waals surface area contributed by atoms with Crippen LogP contribution in [0.5, 0.6) is 0 Å². The maximum Gasteiger partial charge on any atom is 0.227 e. The number of amides is 2. The summed E-state index contributed by atoms with van der Waals surface area (Å²) in [5.41, 5.74) is 2.05. The molecular formula is C18H22N4O2S. The van der Waals surface area contributed by atoms with Crippen LogP contribution in [0.15, 0.2) is 30.3 Å². The Morgan fingerprint density at radius 1 is 1.24 bits per heavy atom. The van der Waals surface area contributed by atoms with Gasteiger partial charge in [-0.25, -0.2) is 4.98 Å². The molecule has 0 radical (unpaired) electrons. The minimum Gasteiger partial charge on any atom is -0.355 e. The number of thiazole rings is 1. The Morgan fingerprint density at radius 2 is 2.04 bits per heavy atom. The van der Waals surface area contributed by atoms with E-state index in [1.165, 1.54) is 16.2 Å². The van der Waals surface area contributed by atoms with Crippen LogP contribution in [-0.2, 0) is 29.0 Å². The lowest BCUT2D eigenvalue weighted by Gasteiger charge is -2.20. The monoisotopic (exact) mass is 358 g/mol. The van der Waals surface area contributed by atoms with Crippen LogP contribution in [0.25, 0.3) is 0 Å². The third kappa shape index (κ3) is 5.11. The van der Waals surface area contributed by atoms with Crippen LogP contribution in [0.4, 0.5) is 5.13 Å². The molecule has 2 amide bonds. The first kappa shape index (κ1) is 17.6. The maximum absolute atomic E-state index is 12.0. The zero-order valence-corrected chi connectivity index (χ0v) is 15.1. The van der Waals surface area contributed by atoms with Gasteiger partial charge in [0.1, 0.15) is 0 Å². The fourth-order valence-electron chi connectivity index (χ4n) is 2.72. The molecule has 2 heterocycles. The second kappa shape index (κ2) is 8.22. The number of hydrogen-bond donors (Lipinski definition) is 2. The van der Waals surface area contributed by atoms with Gasteiger partial charge in [0.2, 0.25) is 11.8 Å². The van der Waals surface area contributed by atoms with E-state index in [1.54, 1.807) is 0 Å². The van der Waals surface area contributed by atoms with Crippen molar-refractivity contribution in [2.75, 3.05) is 25.5 Å². The number of carbonyl (C=O) groups is 2. The van der Waals surface area contributed by atoms with Gasteiger partial charge in [-0.15, -0.1) is 11.3 Å². The van der Waals surface area contributed by atoms with E-state index >= 15 is 0 Å². The van der Waals surface area contributed by atoms with E-state index in [4.69, 9.17) is 0 Å². The second-order valence-corrected chi connectivity index (χ2v) is 7.27. The molecular weight excluding hydrogens is 336 g/mol. The summed E-state index contributed by atoms with van der Waals surface area (Å²) in [7, 11) is 2.08. The molecule has 2 N–H and O–H groups in total. The van der Waals surface area contributed by atoms with E-state index in [2.05, 4.69) is 27.6 Å². The van der Waals surface area contributed by atoms with Crippen molar-refractivity contribution in [3.63, 3.8) is 0 Å². The summed E-state index contributed by atoms with van der Waals surface area (Å²) in [4.78, 5) is 31.8. The van der Waals surface area contributed by atoms with Gasteiger partial charge in [0.05, 0.1) is 12.1 Å². The molecule has 1 aromatic heterocycles. The first-order valence-corrected chi connectivity index (χ1v) is 9.19. The van der Waals surface area contributed by atoms with Gasteiger partial charge in [-0.05, 0) is 12.6 Å². The molecule has 7 heteroatoms. The van der Waals surface area contributed by atoms with Gasteiger partial charge in [0, 0.05) is 37.4 Å². The third-order valence-corrected chi connectivity index (χ3v) is 5.05. The minimum atomic E-state index is -0.125. The molecule has 0 saturated heterocycles. The number of nitrogens with zero attached hydrogens (tertiary/aromatic N) is 2. The minimum absolute atomic E-state index is 0.0771. The number of rotatable bonds is 6. The van der Waals surface area contributed by atoms with E-state index in [0.717, 1.165) is 30.8 Å². The van der Waals surface area contributed by atoms with Crippen LogP contribution in [0.1, 0.15) is 22.6 Å². The number of hydrogen-bond acceptors (Lipinski definition) is 5. The molecule has 1 aromatic carbocycles. The maximum atomic E-state index is 12.0. The van der Waals surface area contributed by atoms with Gasteiger partial charge in [-0.3, -0.25) is 9.59 Å².